The summed E-state index contributed by atoms with van der Waals surface area (Å²) in [7, 11) is 0. The lowest BCUT2D eigenvalue weighted by Crippen LogP contribution is -2.40. The van der Waals surface area contributed by atoms with E-state index in [0.29, 0.717) is 18.2 Å². The number of carbonyl (C=O) groups excluding carboxylic acids is 1. The molecular formula is C38H51N4O4-. The first-order valence-electron chi connectivity index (χ1n) is 17.4. The van der Waals surface area contributed by atoms with Gasteiger partial charge in [0, 0.05) is 68.9 Å². The maximum absolute atomic E-state index is 14.1. The number of amides is 1. The predicted octanol–water partition coefficient (Wildman–Crippen LogP) is 6.58. The molecule has 0 spiro atoms. The van der Waals surface area contributed by atoms with Gasteiger partial charge in [0.2, 0.25) is 0 Å². The highest BCUT2D eigenvalue weighted by Crippen LogP contribution is 2.37. The lowest BCUT2D eigenvalue weighted by Gasteiger charge is -2.40. The average Bonchev–Trinajstić information content (AvgIpc) is 3.34. The maximum atomic E-state index is 14.1. The van der Waals surface area contributed by atoms with Crippen LogP contribution < -0.4 is 10.2 Å². The van der Waals surface area contributed by atoms with E-state index in [1.165, 1.54) is 29.6 Å². The molecule has 1 saturated carbocycles. The summed E-state index contributed by atoms with van der Waals surface area (Å²) in [5.74, 6) is -0.129. The Labute approximate surface area is 275 Å². The number of anilines is 1. The number of nitrogens with zero attached hydrogens (tertiary/aromatic N) is 3. The van der Waals surface area contributed by atoms with Gasteiger partial charge in [-0.3, -0.25) is 9.69 Å². The maximum Gasteiger partial charge on any atom is 0.251 e. The van der Waals surface area contributed by atoms with Crippen LogP contribution in [0.2, 0.25) is 0 Å². The number of hydroxylamine groups is 2. The van der Waals surface area contributed by atoms with Gasteiger partial charge >= 0.3 is 0 Å². The molecule has 0 aromatic heterocycles. The highest BCUT2D eigenvalue weighted by atomic mass is 16.5. The average molecular weight is 628 g/mol. The summed E-state index contributed by atoms with van der Waals surface area (Å²) in [5.41, 5.74) is 10.6. The highest BCUT2D eigenvalue weighted by Gasteiger charge is 2.26. The minimum absolute atomic E-state index is 0.129. The molecule has 1 aliphatic carbocycles. The van der Waals surface area contributed by atoms with Crippen LogP contribution in [0.25, 0.3) is 11.1 Å². The Kier molecular flexibility index (Phi) is 10.8. The van der Waals surface area contributed by atoms with Crippen molar-refractivity contribution < 1.29 is 14.3 Å². The molecule has 4 aliphatic rings. The molecule has 248 valence electrons. The number of carbonyl (C=O) groups is 1. The first-order chi connectivity index (χ1) is 22.4. The molecule has 6 rings (SSSR count). The summed E-state index contributed by atoms with van der Waals surface area (Å²) < 4.78 is 11.2. The molecular weight excluding hydrogens is 576 g/mol. The van der Waals surface area contributed by atoms with Crippen LogP contribution in [0.4, 0.5) is 5.69 Å². The Balaban J connectivity index is 1.30. The smallest absolute Gasteiger partial charge is 0.251 e. The van der Waals surface area contributed by atoms with Crippen molar-refractivity contribution in [1.82, 2.24) is 15.3 Å². The Morgan fingerprint density at radius 2 is 1.63 bits per heavy atom. The molecule has 0 bridgehead atoms. The van der Waals surface area contributed by atoms with Crippen molar-refractivity contribution in [2.24, 2.45) is 0 Å². The fourth-order valence-corrected chi connectivity index (χ4v) is 7.72. The summed E-state index contributed by atoms with van der Waals surface area (Å²) in [6.45, 7) is 13.8. The van der Waals surface area contributed by atoms with Crippen molar-refractivity contribution in [3.63, 3.8) is 0 Å². The first-order valence-corrected chi connectivity index (χ1v) is 17.4. The lowest BCUT2D eigenvalue weighted by molar-refractivity contribution is 0.0342. The van der Waals surface area contributed by atoms with Gasteiger partial charge < -0.3 is 30.0 Å². The molecule has 1 N–H and O–H groups in total. The van der Waals surface area contributed by atoms with Gasteiger partial charge in [0.15, 0.2) is 0 Å². The van der Waals surface area contributed by atoms with Gasteiger partial charge in [-0.1, -0.05) is 36.3 Å². The molecule has 1 amide bonds. The molecule has 3 heterocycles. The Bertz CT molecular complexity index is 1440. The first kappa shape index (κ1) is 32.8. The summed E-state index contributed by atoms with van der Waals surface area (Å²) in [6, 6.07) is 13.5. The van der Waals surface area contributed by atoms with Crippen LogP contribution >= 0.6 is 0 Å². The van der Waals surface area contributed by atoms with E-state index in [1.807, 2.05) is 6.07 Å². The van der Waals surface area contributed by atoms with E-state index < -0.39 is 0 Å². The zero-order valence-electron chi connectivity index (χ0n) is 28.0. The monoisotopic (exact) mass is 627 g/mol. The lowest BCUT2D eigenvalue weighted by atomic mass is 9.91. The molecule has 2 aromatic rings. The van der Waals surface area contributed by atoms with Crippen molar-refractivity contribution >= 4 is 11.6 Å². The fourth-order valence-electron chi connectivity index (χ4n) is 7.72. The second-order valence-electron chi connectivity index (χ2n) is 13.3. The molecule has 0 atom stereocenters. The third-order valence-electron chi connectivity index (χ3n) is 10.4. The molecule has 2 saturated heterocycles. The largest absolute Gasteiger partial charge is 0.758 e. The number of benzene rings is 2. The fraction of sp³-hybridized carbons (Fsp3) is 0.553. The number of allylic oxidation sites excluding steroid dienone is 2. The topological polar surface area (TPSA) is 80.3 Å². The Morgan fingerprint density at radius 3 is 2.35 bits per heavy atom. The third-order valence-corrected chi connectivity index (χ3v) is 10.4. The summed E-state index contributed by atoms with van der Waals surface area (Å²) >= 11 is 0. The number of hydrogen-bond donors (Lipinski definition) is 1. The second-order valence-corrected chi connectivity index (χ2v) is 13.3. The number of morpholine rings is 1. The van der Waals surface area contributed by atoms with Gasteiger partial charge in [0.05, 0.1) is 19.8 Å². The van der Waals surface area contributed by atoms with Gasteiger partial charge in [-0.05, 0) is 105 Å². The van der Waals surface area contributed by atoms with E-state index in [4.69, 9.17) is 9.47 Å². The molecule has 3 fully saturated rings. The van der Waals surface area contributed by atoms with Crippen LogP contribution in [-0.4, -0.2) is 81.1 Å². The third kappa shape index (κ3) is 7.36. The number of ether oxygens (including phenoxy) is 2. The second kappa shape index (κ2) is 15.2. The number of nitrogens with one attached hydrogen (secondary N) is 1. The molecule has 46 heavy (non-hydrogen) atoms. The van der Waals surface area contributed by atoms with Crippen LogP contribution in [0.5, 0.6) is 0 Å². The normalized spacial score (nSPS) is 20.0. The number of rotatable bonds is 9. The zero-order chi connectivity index (χ0) is 32.0. The molecule has 0 unspecified atom stereocenters. The highest BCUT2D eigenvalue weighted by molar-refractivity contribution is 5.99. The van der Waals surface area contributed by atoms with Gasteiger partial charge in [0.25, 0.3) is 5.91 Å². The zero-order valence-corrected chi connectivity index (χ0v) is 28.0. The van der Waals surface area contributed by atoms with Crippen molar-refractivity contribution in [1.29, 1.82) is 0 Å². The van der Waals surface area contributed by atoms with Crippen LogP contribution in [0, 0.1) is 12.1 Å². The van der Waals surface area contributed by atoms with Crippen molar-refractivity contribution in [3.05, 3.63) is 80.7 Å². The number of fused-ring (bicyclic) bond motifs is 1. The summed E-state index contributed by atoms with van der Waals surface area (Å²) in [5, 5.41) is 17.5. The van der Waals surface area contributed by atoms with Crippen molar-refractivity contribution in [2.75, 3.05) is 64.1 Å². The van der Waals surface area contributed by atoms with Crippen LogP contribution in [0.3, 0.4) is 0 Å². The Hall–Kier alpha value is -3.17. The minimum Gasteiger partial charge on any atom is -0.758 e. The molecule has 0 radical (unpaired) electrons. The quantitative estimate of drug-likeness (QED) is 0.337. The SMILES string of the molecule is CCN(c1cc(-c2ccc(CN3CCOCC3)cc2)cc(C(=O)NCC2=C3CCCCCC3=C(C)CN2[O-])c1C)C1CCOCC1. The standard InChI is InChI=1S/C38H51N4O4/c1-4-41(32-14-18-45-19-15-32)36-23-31(30-12-10-29(11-13-30)26-40-16-20-46-21-17-40)22-35(28(36)3)38(43)39-24-37-34-9-7-5-6-8-33(34)27(2)25-42(37)44/h10-13,22-23,32H,4-9,14-21,24-26H2,1-3H3,(H,39,43)/q-1. The predicted molar refractivity (Wildman–Crippen MR) is 185 cm³/mol. The van der Waals surface area contributed by atoms with Crippen LogP contribution in [0.1, 0.15) is 80.3 Å². The van der Waals surface area contributed by atoms with Crippen molar-refractivity contribution in [2.45, 2.75) is 78.3 Å². The van der Waals surface area contributed by atoms with E-state index in [2.05, 4.69) is 66.2 Å². The molecule has 3 aliphatic heterocycles. The Morgan fingerprint density at radius 1 is 0.935 bits per heavy atom. The van der Waals surface area contributed by atoms with E-state index in [0.717, 1.165) is 123 Å². The van der Waals surface area contributed by atoms with Gasteiger partial charge in [-0.15, -0.1) is 0 Å². The van der Waals surface area contributed by atoms with Crippen LogP contribution in [0.15, 0.2) is 58.8 Å². The van der Waals surface area contributed by atoms with Gasteiger partial charge in [-0.25, -0.2) is 0 Å². The summed E-state index contributed by atoms with van der Waals surface area (Å²) in [6.07, 6.45) is 7.32. The summed E-state index contributed by atoms with van der Waals surface area (Å²) in [4.78, 5) is 19.0. The van der Waals surface area contributed by atoms with E-state index in [1.54, 1.807) is 0 Å². The van der Waals surface area contributed by atoms with E-state index >= 15 is 0 Å². The van der Waals surface area contributed by atoms with Crippen molar-refractivity contribution in [3.8, 4) is 11.1 Å². The van der Waals surface area contributed by atoms with Gasteiger partial charge in [-0.2, -0.15) is 0 Å². The van der Waals surface area contributed by atoms with Crippen LogP contribution in [-0.2, 0) is 16.0 Å². The number of hydrogen-bond acceptors (Lipinski definition) is 7. The molecule has 8 nitrogen and oxygen atoms in total. The van der Waals surface area contributed by atoms with E-state index in [9.17, 15) is 10.0 Å². The molecule has 2 aromatic carbocycles. The molecule has 8 heteroatoms. The van der Waals surface area contributed by atoms with Gasteiger partial charge in [0.1, 0.15) is 0 Å². The minimum atomic E-state index is -0.129. The van der Waals surface area contributed by atoms with E-state index in [-0.39, 0.29) is 12.5 Å².